The van der Waals surface area contributed by atoms with Crippen molar-refractivity contribution < 1.29 is 0 Å². The normalized spacial score (nSPS) is 10.7. The molecule has 0 aromatic carbocycles. The number of pyridine rings is 1. The van der Waals surface area contributed by atoms with Gasteiger partial charge < -0.3 is 5.73 Å². The molecule has 84 valence electrons. The third kappa shape index (κ3) is 2.09. The molecule has 2 rings (SSSR count). The van der Waals surface area contributed by atoms with Gasteiger partial charge in [-0.2, -0.15) is 5.10 Å². The van der Waals surface area contributed by atoms with Crippen molar-refractivity contribution in [3.8, 4) is 11.4 Å². The molecule has 0 aliphatic rings. The van der Waals surface area contributed by atoms with Crippen LogP contribution in [0.15, 0.2) is 18.3 Å². The number of nitrogens with two attached hydrogens (primary N) is 1. The molecule has 0 saturated heterocycles. The molecule has 0 amide bonds. The largest absolute Gasteiger partial charge is 0.330 e. The van der Waals surface area contributed by atoms with Crippen LogP contribution in [-0.2, 0) is 13.5 Å². The number of hydrogen-bond acceptors (Lipinski definition) is 4. The molecule has 2 N–H and O–H groups in total. The van der Waals surface area contributed by atoms with Crippen LogP contribution < -0.4 is 5.73 Å². The maximum Gasteiger partial charge on any atom is 0.158 e. The Morgan fingerprint density at radius 1 is 1.44 bits per heavy atom. The molecule has 0 aliphatic heterocycles. The maximum absolute atomic E-state index is 5.51. The van der Waals surface area contributed by atoms with E-state index in [9.17, 15) is 0 Å². The van der Waals surface area contributed by atoms with Crippen LogP contribution in [0.5, 0.6) is 0 Å². The smallest absolute Gasteiger partial charge is 0.158 e. The monoisotopic (exact) mass is 217 g/mol. The van der Waals surface area contributed by atoms with Gasteiger partial charge in [-0.05, 0) is 25.6 Å². The molecular formula is C11H15N5. The minimum Gasteiger partial charge on any atom is -0.330 e. The molecule has 16 heavy (non-hydrogen) atoms. The van der Waals surface area contributed by atoms with Crippen LogP contribution in [0, 0.1) is 6.92 Å². The zero-order valence-corrected chi connectivity index (χ0v) is 9.51. The lowest BCUT2D eigenvalue weighted by Gasteiger charge is -2.02. The highest BCUT2D eigenvalue weighted by molar-refractivity contribution is 5.55. The van der Waals surface area contributed by atoms with E-state index in [1.807, 2.05) is 26.1 Å². The van der Waals surface area contributed by atoms with Gasteiger partial charge >= 0.3 is 0 Å². The summed E-state index contributed by atoms with van der Waals surface area (Å²) in [6.07, 6.45) is 2.56. The van der Waals surface area contributed by atoms with Crippen LogP contribution in [-0.4, -0.2) is 26.3 Å². The highest BCUT2D eigenvalue weighted by atomic mass is 15.3. The van der Waals surface area contributed by atoms with Crippen LogP contribution >= 0.6 is 0 Å². The second-order valence-electron chi connectivity index (χ2n) is 3.68. The van der Waals surface area contributed by atoms with Crippen molar-refractivity contribution in [2.24, 2.45) is 12.8 Å². The first kappa shape index (κ1) is 10.8. The van der Waals surface area contributed by atoms with Gasteiger partial charge in [-0.3, -0.25) is 4.98 Å². The predicted molar refractivity (Wildman–Crippen MR) is 61.7 cm³/mol. The van der Waals surface area contributed by atoms with Gasteiger partial charge in [-0.1, -0.05) is 0 Å². The lowest BCUT2D eigenvalue weighted by molar-refractivity contribution is 0.763. The van der Waals surface area contributed by atoms with Crippen molar-refractivity contribution in [2.75, 3.05) is 6.54 Å². The summed E-state index contributed by atoms with van der Waals surface area (Å²) in [6.45, 7) is 2.49. The summed E-state index contributed by atoms with van der Waals surface area (Å²) < 4.78 is 1.77. The van der Waals surface area contributed by atoms with E-state index in [-0.39, 0.29) is 0 Å². The van der Waals surface area contributed by atoms with Crippen molar-refractivity contribution in [1.29, 1.82) is 0 Å². The molecule has 0 atom stereocenters. The highest BCUT2D eigenvalue weighted by Gasteiger charge is 2.07. The summed E-state index contributed by atoms with van der Waals surface area (Å²) in [5.41, 5.74) is 7.53. The minimum absolute atomic E-state index is 0.605. The van der Waals surface area contributed by atoms with E-state index >= 15 is 0 Å². The van der Waals surface area contributed by atoms with Crippen molar-refractivity contribution in [3.63, 3.8) is 0 Å². The van der Waals surface area contributed by atoms with Crippen LogP contribution in [0.3, 0.4) is 0 Å². The van der Waals surface area contributed by atoms with Crippen molar-refractivity contribution in [2.45, 2.75) is 13.3 Å². The Morgan fingerprint density at radius 3 is 2.88 bits per heavy atom. The van der Waals surface area contributed by atoms with E-state index < -0.39 is 0 Å². The number of nitrogens with zero attached hydrogens (tertiary/aromatic N) is 4. The fraction of sp³-hybridized carbons (Fsp3) is 0.364. The van der Waals surface area contributed by atoms with Crippen molar-refractivity contribution in [3.05, 3.63) is 29.8 Å². The Hall–Kier alpha value is -1.75. The third-order valence-electron chi connectivity index (χ3n) is 2.34. The average Bonchev–Trinajstić information content (AvgIpc) is 2.59. The molecule has 0 bridgehead atoms. The first-order valence-corrected chi connectivity index (χ1v) is 5.23. The van der Waals surface area contributed by atoms with E-state index in [0.29, 0.717) is 6.54 Å². The SMILES string of the molecule is Cc1nc(-c2ccnc(CCN)c2)n(C)n1. The summed E-state index contributed by atoms with van der Waals surface area (Å²) in [5, 5.41) is 4.22. The second-order valence-corrected chi connectivity index (χ2v) is 3.68. The van der Waals surface area contributed by atoms with Crippen LogP contribution in [0.25, 0.3) is 11.4 Å². The van der Waals surface area contributed by atoms with Crippen molar-refractivity contribution >= 4 is 0 Å². The summed E-state index contributed by atoms with van der Waals surface area (Å²) in [4.78, 5) is 8.63. The Kier molecular flexibility index (Phi) is 2.96. The highest BCUT2D eigenvalue weighted by Crippen LogP contribution is 2.16. The maximum atomic E-state index is 5.51. The molecule has 0 spiro atoms. The first-order valence-electron chi connectivity index (χ1n) is 5.23. The van der Waals surface area contributed by atoms with Gasteiger partial charge in [-0.25, -0.2) is 9.67 Å². The fourth-order valence-electron chi connectivity index (χ4n) is 1.67. The van der Waals surface area contributed by atoms with Gasteiger partial charge in [0.25, 0.3) is 0 Å². The first-order chi connectivity index (χ1) is 7.70. The third-order valence-corrected chi connectivity index (χ3v) is 2.34. The van der Waals surface area contributed by atoms with Crippen LogP contribution in [0.1, 0.15) is 11.5 Å². The summed E-state index contributed by atoms with van der Waals surface area (Å²) in [7, 11) is 1.89. The van der Waals surface area contributed by atoms with Gasteiger partial charge in [0.15, 0.2) is 5.82 Å². The van der Waals surface area contributed by atoms with E-state index in [1.54, 1.807) is 10.9 Å². The topological polar surface area (TPSA) is 69.6 Å². The standard InChI is InChI=1S/C11H15N5/c1-8-14-11(16(2)15-8)9-4-6-13-10(7-9)3-5-12/h4,6-7H,3,5,12H2,1-2H3. The van der Waals surface area contributed by atoms with Gasteiger partial charge in [0, 0.05) is 30.9 Å². The molecule has 0 saturated carbocycles. The fourth-order valence-corrected chi connectivity index (χ4v) is 1.67. The van der Waals surface area contributed by atoms with Crippen LogP contribution in [0.4, 0.5) is 0 Å². The number of aryl methyl sites for hydroxylation is 2. The lowest BCUT2D eigenvalue weighted by atomic mass is 10.2. The van der Waals surface area contributed by atoms with E-state index in [2.05, 4.69) is 15.1 Å². The second kappa shape index (κ2) is 4.40. The van der Waals surface area contributed by atoms with Gasteiger partial charge in [-0.15, -0.1) is 0 Å². The van der Waals surface area contributed by atoms with E-state index in [1.165, 1.54) is 0 Å². The Balaban J connectivity index is 2.40. The molecule has 5 heteroatoms. The minimum atomic E-state index is 0.605. The predicted octanol–water partition coefficient (Wildman–Crippen LogP) is 0.687. The quantitative estimate of drug-likeness (QED) is 0.821. The summed E-state index contributed by atoms with van der Waals surface area (Å²) in [5.74, 6) is 1.63. The zero-order valence-electron chi connectivity index (χ0n) is 9.51. The Morgan fingerprint density at radius 2 is 2.25 bits per heavy atom. The average molecular weight is 217 g/mol. The molecule has 2 aromatic heterocycles. The van der Waals surface area contributed by atoms with Gasteiger partial charge in [0.1, 0.15) is 5.82 Å². The molecule has 2 heterocycles. The van der Waals surface area contributed by atoms with Gasteiger partial charge in [0.05, 0.1) is 0 Å². The number of rotatable bonds is 3. The molecular weight excluding hydrogens is 202 g/mol. The summed E-state index contributed by atoms with van der Waals surface area (Å²) >= 11 is 0. The molecule has 2 aromatic rings. The lowest BCUT2D eigenvalue weighted by Crippen LogP contribution is -2.04. The van der Waals surface area contributed by atoms with Crippen LogP contribution in [0.2, 0.25) is 0 Å². The molecule has 0 radical (unpaired) electrons. The summed E-state index contributed by atoms with van der Waals surface area (Å²) in [6, 6.07) is 3.94. The Labute approximate surface area is 94.3 Å². The Bertz CT molecular complexity index is 489. The molecule has 5 nitrogen and oxygen atoms in total. The molecule has 0 fully saturated rings. The number of hydrogen-bond donors (Lipinski definition) is 1. The van der Waals surface area contributed by atoms with Gasteiger partial charge in [0.2, 0.25) is 0 Å². The molecule has 0 aliphatic carbocycles. The number of aromatic nitrogens is 4. The molecule has 0 unspecified atom stereocenters. The van der Waals surface area contributed by atoms with E-state index in [0.717, 1.165) is 29.3 Å². The zero-order chi connectivity index (χ0) is 11.5. The van der Waals surface area contributed by atoms with Crippen molar-refractivity contribution in [1.82, 2.24) is 19.7 Å². The van der Waals surface area contributed by atoms with E-state index in [4.69, 9.17) is 5.73 Å².